The second-order valence-electron chi connectivity index (χ2n) is 4.96. The second kappa shape index (κ2) is 5.29. The van der Waals surface area contributed by atoms with Crippen LogP contribution in [0.25, 0.3) is 10.9 Å². The van der Waals surface area contributed by atoms with E-state index in [-0.39, 0.29) is 5.54 Å². The third-order valence-corrected chi connectivity index (χ3v) is 3.03. The second-order valence-corrected chi connectivity index (χ2v) is 4.96. The molecule has 0 spiro atoms. The standard InChI is InChI=1S/C16H18N2O/c1-5-16(2,3)17-11-13-10-9-12-7-6-8-14(19-4)15(12)18-13/h1,6-10,17H,11H2,2-4H3. The van der Waals surface area contributed by atoms with Crippen LogP contribution in [-0.4, -0.2) is 17.6 Å². The lowest BCUT2D eigenvalue weighted by atomic mass is 10.1. The van der Waals surface area contributed by atoms with E-state index in [0.717, 1.165) is 22.3 Å². The molecule has 1 heterocycles. The van der Waals surface area contributed by atoms with Gasteiger partial charge in [0.2, 0.25) is 0 Å². The van der Waals surface area contributed by atoms with E-state index in [9.17, 15) is 0 Å². The van der Waals surface area contributed by atoms with E-state index in [0.29, 0.717) is 6.54 Å². The Morgan fingerprint density at radius 3 is 2.79 bits per heavy atom. The highest BCUT2D eigenvalue weighted by Gasteiger charge is 2.13. The Balaban J connectivity index is 2.29. The maximum absolute atomic E-state index is 5.45. The van der Waals surface area contributed by atoms with Crippen molar-refractivity contribution >= 4 is 10.9 Å². The van der Waals surface area contributed by atoms with E-state index in [2.05, 4.69) is 16.2 Å². The number of nitrogens with one attached hydrogen (secondary N) is 1. The van der Waals surface area contributed by atoms with Gasteiger partial charge in [0.1, 0.15) is 11.3 Å². The molecule has 2 rings (SSSR count). The predicted molar refractivity (Wildman–Crippen MR) is 78.0 cm³/mol. The van der Waals surface area contributed by atoms with E-state index in [1.54, 1.807) is 7.11 Å². The predicted octanol–water partition coefficient (Wildman–Crippen LogP) is 2.74. The molecule has 1 aromatic heterocycles. The Morgan fingerprint density at radius 1 is 1.32 bits per heavy atom. The number of hydrogen-bond donors (Lipinski definition) is 1. The molecule has 98 valence electrons. The Bertz CT molecular complexity index is 626. The lowest BCUT2D eigenvalue weighted by Crippen LogP contribution is -2.37. The highest BCUT2D eigenvalue weighted by molar-refractivity contribution is 5.84. The molecule has 0 radical (unpaired) electrons. The summed E-state index contributed by atoms with van der Waals surface area (Å²) < 4.78 is 5.33. The highest BCUT2D eigenvalue weighted by atomic mass is 16.5. The molecule has 0 aliphatic rings. The van der Waals surface area contributed by atoms with Crippen molar-refractivity contribution in [1.82, 2.24) is 10.3 Å². The number of fused-ring (bicyclic) bond motifs is 1. The first-order chi connectivity index (χ1) is 9.05. The fourth-order valence-corrected chi connectivity index (χ4v) is 1.79. The topological polar surface area (TPSA) is 34.1 Å². The minimum atomic E-state index is -0.336. The number of benzene rings is 1. The SMILES string of the molecule is C#CC(C)(C)NCc1ccc2cccc(OC)c2n1. The van der Waals surface area contributed by atoms with Gasteiger partial charge in [0.15, 0.2) is 0 Å². The number of nitrogens with zero attached hydrogens (tertiary/aromatic N) is 1. The molecule has 0 atom stereocenters. The molecule has 0 saturated carbocycles. The van der Waals surface area contributed by atoms with Gasteiger partial charge in [-0.25, -0.2) is 4.98 Å². The summed E-state index contributed by atoms with van der Waals surface area (Å²) in [6, 6.07) is 9.94. The average molecular weight is 254 g/mol. The third kappa shape index (κ3) is 3.04. The molecule has 0 amide bonds. The third-order valence-electron chi connectivity index (χ3n) is 3.03. The lowest BCUT2D eigenvalue weighted by molar-refractivity contribution is 0.418. The minimum absolute atomic E-state index is 0.336. The molecule has 0 saturated heterocycles. The first kappa shape index (κ1) is 13.4. The van der Waals surface area contributed by atoms with E-state index in [4.69, 9.17) is 11.2 Å². The molecule has 3 nitrogen and oxygen atoms in total. The van der Waals surface area contributed by atoms with Gasteiger partial charge in [-0.2, -0.15) is 0 Å². The van der Waals surface area contributed by atoms with Crippen LogP contribution in [0.1, 0.15) is 19.5 Å². The summed E-state index contributed by atoms with van der Waals surface area (Å²) >= 11 is 0. The first-order valence-corrected chi connectivity index (χ1v) is 6.21. The largest absolute Gasteiger partial charge is 0.494 e. The van der Waals surface area contributed by atoms with Crippen LogP contribution in [0.4, 0.5) is 0 Å². The summed E-state index contributed by atoms with van der Waals surface area (Å²) in [5.74, 6) is 3.50. The van der Waals surface area contributed by atoms with Crippen LogP contribution in [-0.2, 0) is 6.54 Å². The number of pyridine rings is 1. The number of ether oxygens (including phenoxy) is 1. The average Bonchev–Trinajstić information content (AvgIpc) is 2.44. The van der Waals surface area contributed by atoms with Crippen LogP contribution in [0.2, 0.25) is 0 Å². The fraction of sp³-hybridized carbons (Fsp3) is 0.312. The normalized spacial score (nSPS) is 11.3. The maximum Gasteiger partial charge on any atom is 0.145 e. The molecule has 1 N–H and O–H groups in total. The first-order valence-electron chi connectivity index (χ1n) is 6.21. The number of hydrogen-bond acceptors (Lipinski definition) is 3. The Hall–Kier alpha value is -2.05. The molecule has 19 heavy (non-hydrogen) atoms. The zero-order valence-corrected chi connectivity index (χ0v) is 11.5. The summed E-state index contributed by atoms with van der Waals surface area (Å²) in [6.07, 6.45) is 5.45. The van der Waals surface area contributed by atoms with Crippen LogP contribution >= 0.6 is 0 Å². The van der Waals surface area contributed by atoms with Crippen molar-refractivity contribution in [1.29, 1.82) is 0 Å². The van der Waals surface area contributed by atoms with Gasteiger partial charge in [0, 0.05) is 11.9 Å². The van der Waals surface area contributed by atoms with Crippen molar-refractivity contribution in [3.63, 3.8) is 0 Å². The highest BCUT2D eigenvalue weighted by Crippen LogP contribution is 2.23. The summed E-state index contributed by atoms with van der Waals surface area (Å²) in [4.78, 5) is 4.63. The molecule has 1 aromatic carbocycles. The Labute approximate surface area is 114 Å². The van der Waals surface area contributed by atoms with Gasteiger partial charge < -0.3 is 4.74 Å². The summed E-state index contributed by atoms with van der Waals surface area (Å²) in [5, 5.41) is 4.36. The summed E-state index contributed by atoms with van der Waals surface area (Å²) in [7, 11) is 1.66. The van der Waals surface area contributed by atoms with Crippen molar-refractivity contribution in [3.05, 3.63) is 36.0 Å². The maximum atomic E-state index is 5.45. The van der Waals surface area contributed by atoms with Crippen LogP contribution in [0.3, 0.4) is 0 Å². The van der Waals surface area contributed by atoms with Gasteiger partial charge in [-0.3, -0.25) is 5.32 Å². The Morgan fingerprint density at radius 2 is 2.11 bits per heavy atom. The number of para-hydroxylation sites is 1. The van der Waals surface area contributed by atoms with Crippen LogP contribution < -0.4 is 10.1 Å². The van der Waals surface area contributed by atoms with Crippen molar-refractivity contribution in [2.24, 2.45) is 0 Å². The molecule has 0 aliphatic carbocycles. The summed E-state index contributed by atoms with van der Waals surface area (Å²) in [6.45, 7) is 4.56. The Kier molecular flexibility index (Phi) is 3.73. The number of terminal acetylenes is 1. The van der Waals surface area contributed by atoms with Crippen molar-refractivity contribution in [3.8, 4) is 18.1 Å². The van der Waals surface area contributed by atoms with Crippen molar-refractivity contribution < 1.29 is 4.74 Å². The molecular weight excluding hydrogens is 236 g/mol. The van der Waals surface area contributed by atoms with Crippen molar-refractivity contribution in [2.45, 2.75) is 25.9 Å². The van der Waals surface area contributed by atoms with Gasteiger partial charge >= 0.3 is 0 Å². The van der Waals surface area contributed by atoms with Crippen LogP contribution in [0.5, 0.6) is 5.75 Å². The van der Waals surface area contributed by atoms with E-state index < -0.39 is 0 Å². The van der Waals surface area contributed by atoms with E-state index in [1.165, 1.54) is 0 Å². The van der Waals surface area contributed by atoms with Gasteiger partial charge in [0.25, 0.3) is 0 Å². The lowest BCUT2D eigenvalue weighted by Gasteiger charge is -2.19. The van der Waals surface area contributed by atoms with Crippen LogP contribution in [0.15, 0.2) is 30.3 Å². The molecule has 0 bridgehead atoms. The zero-order chi connectivity index (χ0) is 13.9. The fourth-order valence-electron chi connectivity index (χ4n) is 1.79. The van der Waals surface area contributed by atoms with E-state index >= 15 is 0 Å². The van der Waals surface area contributed by atoms with Gasteiger partial charge in [-0.05, 0) is 26.0 Å². The molecule has 0 aliphatic heterocycles. The zero-order valence-electron chi connectivity index (χ0n) is 11.5. The molecular formula is C16H18N2O. The quantitative estimate of drug-likeness (QED) is 0.852. The van der Waals surface area contributed by atoms with Crippen molar-refractivity contribution in [2.75, 3.05) is 7.11 Å². The van der Waals surface area contributed by atoms with Crippen LogP contribution in [0, 0.1) is 12.3 Å². The summed E-state index contributed by atoms with van der Waals surface area (Å²) in [5.41, 5.74) is 1.49. The molecule has 0 fully saturated rings. The molecule has 2 aromatic rings. The number of rotatable bonds is 4. The molecule has 3 heteroatoms. The number of methoxy groups -OCH3 is 1. The smallest absolute Gasteiger partial charge is 0.145 e. The van der Waals surface area contributed by atoms with Gasteiger partial charge in [0.05, 0.1) is 18.3 Å². The van der Waals surface area contributed by atoms with Gasteiger partial charge in [-0.1, -0.05) is 24.1 Å². The van der Waals surface area contributed by atoms with Gasteiger partial charge in [-0.15, -0.1) is 6.42 Å². The molecule has 0 unspecified atom stereocenters. The monoisotopic (exact) mass is 254 g/mol. The van der Waals surface area contributed by atoms with E-state index in [1.807, 2.05) is 44.2 Å². The minimum Gasteiger partial charge on any atom is -0.494 e. The number of aromatic nitrogens is 1.